The molecule has 0 unspecified atom stereocenters. The van der Waals surface area contributed by atoms with Crippen LogP contribution >= 0.6 is 0 Å². The van der Waals surface area contributed by atoms with Gasteiger partial charge in [0.25, 0.3) is 0 Å². The molecule has 0 N–H and O–H groups in total. The Morgan fingerprint density at radius 2 is 1.33 bits per heavy atom. The van der Waals surface area contributed by atoms with Gasteiger partial charge in [0.05, 0.1) is 5.56 Å². The number of hydrogen-bond acceptors (Lipinski definition) is 0. The molecule has 5 rings (SSSR count). The molecule has 0 aliphatic carbocycles. The van der Waals surface area contributed by atoms with Crippen molar-refractivity contribution in [3.05, 3.63) is 119 Å². The van der Waals surface area contributed by atoms with Crippen molar-refractivity contribution in [2.45, 2.75) is 38.8 Å². The van der Waals surface area contributed by atoms with Crippen molar-refractivity contribution in [3.63, 3.8) is 0 Å². The van der Waals surface area contributed by atoms with Gasteiger partial charge in [-0.3, -0.25) is 0 Å². The summed E-state index contributed by atoms with van der Waals surface area (Å²) >= 11 is 0. The first-order chi connectivity index (χ1) is 20.1. The molecule has 0 fully saturated rings. The fourth-order valence-corrected chi connectivity index (χ4v) is 4.82. The molecule has 0 aromatic heterocycles. The fourth-order valence-electron chi connectivity index (χ4n) is 4.82. The van der Waals surface area contributed by atoms with Crippen LogP contribution in [0.1, 0.15) is 48.4 Å². The van der Waals surface area contributed by atoms with Crippen LogP contribution in [0.5, 0.6) is 0 Å². The number of rotatable bonds is 5. The molecular formula is C36H24F6. The summed E-state index contributed by atoms with van der Waals surface area (Å²) in [4.78, 5) is 0. The van der Waals surface area contributed by atoms with Crippen molar-refractivity contribution in [1.82, 2.24) is 0 Å². The number of fused-ring (bicyclic) bond motifs is 2. The molecule has 0 heterocycles. The van der Waals surface area contributed by atoms with Crippen LogP contribution in [0.3, 0.4) is 0 Å². The Balaban J connectivity index is 1.42. The summed E-state index contributed by atoms with van der Waals surface area (Å²) in [5.74, 6) is 5.74. The van der Waals surface area contributed by atoms with E-state index in [0.29, 0.717) is 16.3 Å². The maximum absolute atomic E-state index is 15.6. The summed E-state index contributed by atoms with van der Waals surface area (Å²) in [7, 11) is 0. The van der Waals surface area contributed by atoms with Gasteiger partial charge in [0.15, 0.2) is 0 Å². The third-order valence-corrected chi connectivity index (χ3v) is 7.00. The van der Waals surface area contributed by atoms with Crippen molar-refractivity contribution >= 4 is 21.5 Å². The maximum Gasteiger partial charge on any atom is 0.458 e. The predicted octanol–water partition coefficient (Wildman–Crippen LogP) is 10.1. The van der Waals surface area contributed by atoms with E-state index in [-0.39, 0.29) is 16.3 Å². The smallest absolute Gasteiger partial charge is 0.206 e. The van der Waals surface area contributed by atoms with Crippen LogP contribution in [-0.4, -0.2) is 6.18 Å². The van der Waals surface area contributed by atoms with Gasteiger partial charge in [-0.15, -0.1) is 0 Å². The van der Waals surface area contributed by atoms with Gasteiger partial charge >= 0.3 is 6.18 Å². The quantitative estimate of drug-likeness (QED) is 0.112. The van der Waals surface area contributed by atoms with Crippen LogP contribution in [-0.2, 0) is 6.42 Å². The molecule has 0 bridgehead atoms. The molecule has 0 spiro atoms. The molecule has 5 aromatic carbocycles. The number of halogens is 6. The molecule has 210 valence electrons. The Bertz CT molecular complexity index is 1910. The van der Waals surface area contributed by atoms with E-state index in [1.54, 1.807) is 30.3 Å². The number of alkyl halides is 3. The van der Waals surface area contributed by atoms with Gasteiger partial charge in [-0.1, -0.05) is 80.0 Å². The van der Waals surface area contributed by atoms with E-state index in [2.05, 4.69) is 30.9 Å². The van der Waals surface area contributed by atoms with Crippen LogP contribution in [0.25, 0.3) is 32.7 Å². The molecular weight excluding hydrogens is 546 g/mol. The van der Waals surface area contributed by atoms with E-state index in [1.807, 2.05) is 12.1 Å². The summed E-state index contributed by atoms with van der Waals surface area (Å²) < 4.78 is 82.2. The van der Waals surface area contributed by atoms with E-state index < -0.39 is 29.2 Å². The largest absolute Gasteiger partial charge is 0.458 e. The van der Waals surface area contributed by atoms with Crippen molar-refractivity contribution in [2.24, 2.45) is 0 Å². The number of aryl methyl sites for hydroxylation is 1. The van der Waals surface area contributed by atoms with E-state index in [0.717, 1.165) is 29.5 Å². The fraction of sp³-hybridized carbons (Fsp3) is 0.167. The Kier molecular flexibility index (Phi) is 8.27. The SMILES string of the molecule is CCCCCc1ccc(C#Cc2ccc3c(F)c(-c4ccc5c(F)c(C#CC(F)(F)F)c(F)cc5c4)ccc3c2)cc1. The zero-order valence-corrected chi connectivity index (χ0v) is 22.6. The van der Waals surface area contributed by atoms with E-state index in [1.165, 1.54) is 48.9 Å². The zero-order chi connectivity index (χ0) is 29.9. The normalized spacial score (nSPS) is 11.2. The molecule has 0 saturated heterocycles. The van der Waals surface area contributed by atoms with E-state index in [4.69, 9.17) is 0 Å². The predicted molar refractivity (Wildman–Crippen MR) is 155 cm³/mol. The first-order valence-corrected chi connectivity index (χ1v) is 13.5. The molecule has 5 aromatic rings. The Hall–Kier alpha value is -4.68. The minimum Gasteiger partial charge on any atom is -0.206 e. The zero-order valence-electron chi connectivity index (χ0n) is 22.6. The van der Waals surface area contributed by atoms with Crippen LogP contribution in [0.4, 0.5) is 26.3 Å². The van der Waals surface area contributed by atoms with Crippen molar-refractivity contribution in [2.75, 3.05) is 0 Å². The second kappa shape index (κ2) is 12.0. The summed E-state index contributed by atoms with van der Waals surface area (Å²) in [6.07, 6.45) is -0.281. The summed E-state index contributed by atoms with van der Waals surface area (Å²) in [5.41, 5.74) is 2.50. The molecule has 42 heavy (non-hydrogen) atoms. The van der Waals surface area contributed by atoms with E-state index in [9.17, 15) is 22.0 Å². The van der Waals surface area contributed by atoms with Crippen LogP contribution in [0.2, 0.25) is 0 Å². The third kappa shape index (κ3) is 6.45. The Labute approximate surface area is 240 Å². The lowest BCUT2D eigenvalue weighted by molar-refractivity contribution is -0.0696. The highest BCUT2D eigenvalue weighted by Gasteiger charge is 2.24. The molecule has 0 nitrogen and oxygen atoms in total. The van der Waals surface area contributed by atoms with Crippen LogP contribution < -0.4 is 0 Å². The average molecular weight is 571 g/mol. The minimum absolute atomic E-state index is 0.0687. The highest BCUT2D eigenvalue weighted by molar-refractivity contribution is 5.93. The Morgan fingerprint density at radius 3 is 2.07 bits per heavy atom. The lowest BCUT2D eigenvalue weighted by Gasteiger charge is -2.10. The van der Waals surface area contributed by atoms with Gasteiger partial charge in [0.2, 0.25) is 0 Å². The lowest BCUT2D eigenvalue weighted by Crippen LogP contribution is -2.02. The monoisotopic (exact) mass is 570 g/mol. The standard InChI is InChI=1S/C36H24F6/c1-2-3-4-5-23-6-8-24(9-7-23)10-11-25-12-15-29-26(20-25)13-16-30(34(29)38)27-14-17-31-28(21-27)22-33(37)32(35(31)39)18-19-36(40,41)42/h6-9,12-17,20-22H,2-5H2,1H3. The number of unbranched alkanes of at least 4 members (excludes halogenated alkanes) is 2. The molecule has 0 amide bonds. The van der Waals surface area contributed by atoms with Gasteiger partial charge in [-0.25, -0.2) is 13.2 Å². The van der Waals surface area contributed by atoms with E-state index >= 15 is 4.39 Å². The third-order valence-electron chi connectivity index (χ3n) is 7.00. The second-order valence-electron chi connectivity index (χ2n) is 10.00. The first-order valence-electron chi connectivity index (χ1n) is 13.5. The second-order valence-corrected chi connectivity index (χ2v) is 10.00. The average Bonchev–Trinajstić information content (AvgIpc) is 2.96. The van der Waals surface area contributed by atoms with Crippen LogP contribution in [0, 0.1) is 41.1 Å². The topological polar surface area (TPSA) is 0 Å². The highest BCUT2D eigenvalue weighted by atomic mass is 19.4. The van der Waals surface area contributed by atoms with Gasteiger partial charge in [0.1, 0.15) is 17.5 Å². The molecule has 0 aliphatic rings. The summed E-state index contributed by atoms with van der Waals surface area (Å²) in [6.45, 7) is 2.18. The number of hydrogen-bond donors (Lipinski definition) is 0. The first kappa shape index (κ1) is 28.8. The molecule has 0 aliphatic heterocycles. The molecule has 0 radical (unpaired) electrons. The van der Waals surface area contributed by atoms with Gasteiger partial charge < -0.3 is 0 Å². The summed E-state index contributed by atoms with van der Waals surface area (Å²) in [6, 6.07) is 21.7. The molecule has 6 heteroatoms. The Morgan fingerprint density at radius 1 is 0.643 bits per heavy atom. The van der Waals surface area contributed by atoms with Gasteiger partial charge in [0, 0.05) is 33.4 Å². The minimum atomic E-state index is -4.89. The molecule has 0 atom stereocenters. The van der Waals surface area contributed by atoms with Crippen molar-refractivity contribution in [3.8, 4) is 34.8 Å². The number of benzene rings is 5. The molecule has 0 saturated carbocycles. The van der Waals surface area contributed by atoms with Crippen LogP contribution in [0.15, 0.2) is 78.9 Å². The van der Waals surface area contributed by atoms with Gasteiger partial charge in [-0.2, -0.15) is 13.2 Å². The highest BCUT2D eigenvalue weighted by Crippen LogP contribution is 2.33. The van der Waals surface area contributed by atoms with Crippen molar-refractivity contribution < 1.29 is 26.3 Å². The lowest BCUT2D eigenvalue weighted by atomic mass is 9.96. The maximum atomic E-state index is 15.6. The van der Waals surface area contributed by atoms with Crippen molar-refractivity contribution in [1.29, 1.82) is 0 Å². The summed E-state index contributed by atoms with van der Waals surface area (Å²) in [5, 5.41) is 0.936. The van der Waals surface area contributed by atoms with Gasteiger partial charge in [-0.05, 0) is 71.1 Å².